The van der Waals surface area contributed by atoms with Crippen LogP contribution in [0.2, 0.25) is 0 Å². The second kappa shape index (κ2) is 4.15. The molecular weight excluding hydrogens is 176 g/mol. The molecule has 0 bridgehead atoms. The summed E-state index contributed by atoms with van der Waals surface area (Å²) < 4.78 is 16.0. The van der Waals surface area contributed by atoms with Gasteiger partial charge < -0.3 is 4.74 Å². The van der Waals surface area contributed by atoms with Gasteiger partial charge in [0, 0.05) is 11.8 Å². The van der Waals surface area contributed by atoms with Crippen molar-refractivity contribution in [3.8, 4) is 5.88 Å². The van der Waals surface area contributed by atoms with Crippen LogP contribution in [0.25, 0.3) is 0 Å². The van der Waals surface area contributed by atoms with Crippen LogP contribution in [0.3, 0.4) is 0 Å². The molecule has 1 heterocycles. The van der Waals surface area contributed by atoms with Gasteiger partial charge in [-0.05, 0) is 6.07 Å². The fourth-order valence-electron chi connectivity index (χ4n) is 0.686. The Bertz CT molecular complexity index is 273. The lowest BCUT2D eigenvalue weighted by Crippen LogP contribution is -1.99. The molecule has 0 aliphatic carbocycles. The third kappa shape index (κ3) is 2.01. The molecule has 0 aliphatic heterocycles. The third-order valence-electron chi connectivity index (χ3n) is 1.32. The molecule has 1 unspecified atom stereocenters. The van der Waals surface area contributed by atoms with E-state index in [1.807, 2.05) is 6.92 Å². The molecule has 0 spiro atoms. The standard InChI is InChI=1S/C7H10N2O2S/c1-3-12(10)7-5-4-6(11-2)8-9-7/h4-5H,3H2,1-2H3. The van der Waals surface area contributed by atoms with E-state index in [1.165, 1.54) is 7.11 Å². The number of nitrogens with zero attached hydrogens (tertiary/aromatic N) is 2. The Hall–Kier alpha value is -0.970. The van der Waals surface area contributed by atoms with Crippen LogP contribution in [0.15, 0.2) is 17.2 Å². The molecular formula is C7H10N2O2S. The molecule has 0 N–H and O–H groups in total. The Morgan fingerprint density at radius 2 is 2.25 bits per heavy atom. The zero-order valence-corrected chi connectivity index (χ0v) is 7.80. The molecule has 0 aliphatic rings. The largest absolute Gasteiger partial charge is 0.480 e. The molecule has 12 heavy (non-hydrogen) atoms. The second-order valence-electron chi connectivity index (χ2n) is 2.05. The summed E-state index contributed by atoms with van der Waals surface area (Å²) in [6, 6.07) is 3.31. The van der Waals surface area contributed by atoms with Gasteiger partial charge >= 0.3 is 0 Å². The minimum atomic E-state index is -1.03. The van der Waals surface area contributed by atoms with Gasteiger partial charge in [0.15, 0.2) is 0 Å². The van der Waals surface area contributed by atoms with Gasteiger partial charge in [-0.1, -0.05) is 6.92 Å². The van der Waals surface area contributed by atoms with Gasteiger partial charge in [0.05, 0.1) is 17.9 Å². The Morgan fingerprint density at radius 1 is 1.50 bits per heavy atom. The monoisotopic (exact) mass is 186 g/mol. The van der Waals surface area contributed by atoms with Gasteiger partial charge in [0.1, 0.15) is 5.03 Å². The van der Waals surface area contributed by atoms with E-state index < -0.39 is 10.8 Å². The molecule has 5 heteroatoms. The van der Waals surface area contributed by atoms with E-state index >= 15 is 0 Å². The van der Waals surface area contributed by atoms with Crippen molar-refractivity contribution in [3.05, 3.63) is 12.1 Å². The summed E-state index contributed by atoms with van der Waals surface area (Å²) in [5.41, 5.74) is 0. The van der Waals surface area contributed by atoms with E-state index in [-0.39, 0.29) is 0 Å². The molecule has 66 valence electrons. The topological polar surface area (TPSA) is 52.1 Å². The fourth-order valence-corrected chi connectivity index (χ4v) is 1.33. The number of rotatable bonds is 3. The molecule has 0 saturated heterocycles. The minimum absolute atomic E-state index is 0.437. The first-order valence-electron chi connectivity index (χ1n) is 3.54. The normalized spacial score (nSPS) is 12.5. The molecule has 0 saturated carbocycles. The van der Waals surface area contributed by atoms with Gasteiger partial charge in [-0.2, -0.15) is 0 Å². The van der Waals surface area contributed by atoms with Crippen LogP contribution < -0.4 is 4.74 Å². The predicted molar refractivity (Wildman–Crippen MR) is 45.5 cm³/mol. The highest BCUT2D eigenvalue weighted by atomic mass is 32.2. The average molecular weight is 186 g/mol. The number of ether oxygens (including phenoxy) is 1. The molecule has 0 aromatic carbocycles. The molecule has 4 nitrogen and oxygen atoms in total. The van der Waals surface area contributed by atoms with Crippen LogP contribution in [0, 0.1) is 0 Å². The van der Waals surface area contributed by atoms with Crippen molar-refractivity contribution in [2.75, 3.05) is 12.9 Å². The SMILES string of the molecule is CCS(=O)c1ccc(OC)nn1. The van der Waals surface area contributed by atoms with Crippen molar-refractivity contribution in [1.29, 1.82) is 0 Å². The van der Waals surface area contributed by atoms with Crippen LogP contribution in [0.5, 0.6) is 5.88 Å². The van der Waals surface area contributed by atoms with Crippen LogP contribution in [-0.4, -0.2) is 27.3 Å². The molecule has 0 fully saturated rings. The zero-order chi connectivity index (χ0) is 8.97. The van der Waals surface area contributed by atoms with Gasteiger partial charge in [-0.3, -0.25) is 4.21 Å². The molecule has 1 atom stereocenters. The van der Waals surface area contributed by atoms with Crippen molar-refractivity contribution < 1.29 is 8.95 Å². The highest BCUT2D eigenvalue weighted by molar-refractivity contribution is 7.84. The number of aromatic nitrogens is 2. The summed E-state index contributed by atoms with van der Waals surface area (Å²) in [4.78, 5) is 0. The zero-order valence-electron chi connectivity index (χ0n) is 6.98. The lowest BCUT2D eigenvalue weighted by Gasteiger charge is -1.98. The highest BCUT2D eigenvalue weighted by Gasteiger charge is 2.02. The first kappa shape index (κ1) is 9.12. The maximum Gasteiger partial charge on any atom is 0.233 e. The van der Waals surface area contributed by atoms with E-state index in [9.17, 15) is 4.21 Å². The Kier molecular flexibility index (Phi) is 3.16. The molecule has 1 aromatic rings. The van der Waals surface area contributed by atoms with Crippen LogP contribution in [0.4, 0.5) is 0 Å². The van der Waals surface area contributed by atoms with E-state index in [2.05, 4.69) is 10.2 Å². The van der Waals surface area contributed by atoms with Crippen molar-refractivity contribution in [3.63, 3.8) is 0 Å². The fraction of sp³-hybridized carbons (Fsp3) is 0.429. The first-order chi connectivity index (χ1) is 5.77. The van der Waals surface area contributed by atoms with Crippen LogP contribution >= 0.6 is 0 Å². The van der Waals surface area contributed by atoms with Crippen molar-refractivity contribution >= 4 is 10.8 Å². The summed E-state index contributed by atoms with van der Waals surface area (Å²) in [5, 5.41) is 7.94. The lowest BCUT2D eigenvalue weighted by molar-refractivity contribution is 0.390. The minimum Gasteiger partial charge on any atom is -0.480 e. The Morgan fingerprint density at radius 3 is 2.67 bits per heavy atom. The smallest absolute Gasteiger partial charge is 0.233 e. The third-order valence-corrected chi connectivity index (χ3v) is 2.53. The summed E-state index contributed by atoms with van der Waals surface area (Å²) in [6.45, 7) is 1.84. The van der Waals surface area contributed by atoms with E-state index in [1.54, 1.807) is 12.1 Å². The second-order valence-corrected chi connectivity index (χ2v) is 3.73. The number of methoxy groups -OCH3 is 1. The molecule has 0 amide bonds. The van der Waals surface area contributed by atoms with Gasteiger partial charge in [-0.25, -0.2) is 0 Å². The van der Waals surface area contributed by atoms with Gasteiger partial charge in [-0.15, -0.1) is 10.2 Å². The van der Waals surface area contributed by atoms with Gasteiger partial charge in [0.25, 0.3) is 0 Å². The average Bonchev–Trinajstić information content (AvgIpc) is 2.17. The first-order valence-corrected chi connectivity index (χ1v) is 4.86. The maximum atomic E-state index is 11.2. The maximum absolute atomic E-state index is 11.2. The van der Waals surface area contributed by atoms with Crippen LogP contribution in [0.1, 0.15) is 6.92 Å². The molecule has 0 radical (unpaired) electrons. The number of hydrogen-bond acceptors (Lipinski definition) is 4. The van der Waals surface area contributed by atoms with Crippen molar-refractivity contribution in [1.82, 2.24) is 10.2 Å². The number of hydrogen-bond donors (Lipinski definition) is 0. The van der Waals surface area contributed by atoms with Gasteiger partial charge in [0.2, 0.25) is 5.88 Å². The Labute approximate surface area is 73.4 Å². The summed E-state index contributed by atoms with van der Waals surface area (Å²) >= 11 is 0. The molecule has 1 rings (SSSR count). The Balaban J connectivity index is 2.84. The summed E-state index contributed by atoms with van der Waals surface area (Å²) in [7, 11) is 0.485. The quantitative estimate of drug-likeness (QED) is 0.694. The predicted octanol–water partition coefficient (Wildman–Crippen LogP) is 0.613. The van der Waals surface area contributed by atoms with E-state index in [4.69, 9.17) is 4.74 Å². The van der Waals surface area contributed by atoms with E-state index in [0.717, 1.165) is 0 Å². The summed E-state index contributed by atoms with van der Waals surface area (Å²) in [6.07, 6.45) is 0. The van der Waals surface area contributed by atoms with Crippen molar-refractivity contribution in [2.45, 2.75) is 11.9 Å². The van der Waals surface area contributed by atoms with Crippen molar-refractivity contribution in [2.24, 2.45) is 0 Å². The lowest BCUT2D eigenvalue weighted by atomic mass is 10.6. The van der Waals surface area contributed by atoms with Crippen LogP contribution in [-0.2, 0) is 10.8 Å². The highest BCUT2D eigenvalue weighted by Crippen LogP contribution is 2.06. The summed E-state index contributed by atoms with van der Waals surface area (Å²) in [5.74, 6) is 0.993. The molecule has 1 aromatic heterocycles. The van der Waals surface area contributed by atoms with E-state index in [0.29, 0.717) is 16.7 Å².